The van der Waals surface area contributed by atoms with Crippen molar-refractivity contribution in [3.8, 4) is 17.1 Å². The monoisotopic (exact) mass is 398 g/mol. The zero-order valence-electron chi connectivity index (χ0n) is 18.4. The van der Waals surface area contributed by atoms with Gasteiger partial charge in [-0.3, -0.25) is 0 Å². The molecule has 0 bridgehead atoms. The first-order valence-electron chi connectivity index (χ1n) is 11.5. The van der Waals surface area contributed by atoms with Gasteiger partial charge in [0.25, 0.3) is 0 Å². The van der Waals surface area contributed by atoms with Crippen molar-refractivity contribution < 1.29 is 9.47 Å². The largest absolute Gasteiger partial charge is 0.490 e. The van der Waals surface area contributed by atoms with Gasteiger partial charge in [-0.25, -0.2) is 9.97 Å². The molecule has 1 heterocycles. The van der Waals surface area contributed by atoms with E-state index in [2.05, 4.69) is 48.1 Å². The van der Waals surface area contributed by atoms with E-state index in [0.717, 1.165) is 56.0 Å². The molecule has 2 aromatic rings. The van der Waals surface area contributed by atoms with Crippen LogP contribution in [-0.2, 0) is 11.2 Å². The molecular weight excluding hydrogens is 360 g/mol. The lowest BCUT2D eigenvalue weighted by molar-refractivity contribution is 0.123. The summed E-state index contributed by atoms with van der Waals surface area (Å²) in [6.07, 6.45) is 15.6. The molecule has 0 aliphatic carbocycles. The predicted molar refractivity (Wildman–Crippen MR) is 120 cm³/mol. The van der Waals surface area contributed by atoms with Crippen molar-refractivity contribution >= 4 is 0 Å². The Balaban J connectivity index is 1.67. The lowest BCUT2D eigenvalue weighted by Crippen LogP contribution is -2.02. The molecule has 0 fully saturated rings. The fourth-order valence-electron chi connectivity index (χ4n) is 3.14. The Labute approximate surface area is 177 Å². The van der Waals surface area contributed by atoms with Gasteiger partial charge in [-0.1, -0.05) is 70.2 Å². The normalized spacial score (nSPS) is 11.0. The molecule has 0 spiro atoms. The highest BCUT2D eigenvalue weighted by Gasteiger charge is 2.03. The zero-order valence-corrected chi connectivity index (χ0v) is 18.4. The number of unbranched alkanes of at least 4 members (excludes halogenated alkanes) is 6. The number of hydrogen-bond acceptors (Lipinski definition) is 4. The molecule has 160 valence electrons. The van der Waals surface area contributed by atoms with Crippen LogP contribution in [0.25, 0.3) is 11.4 Å². The molecule has 0 aliphatic heterocycles. The van der Waals surface area contributed by atoms with Gasteiger partial charge in [-0.05, 0) is 37.7 Å². The first-order chi connectivity index (χ1) is 14.3. The number of hydrogen-bond donors (Lipinski definition) is 0. The lowest BCUT2D eigenvalue weighted by Gasteiger charge is -2.07. The second-order valence-electron chi connectivity index (χ2n) is 7.63. The van der Waals surface area contributed by atoms with E-state index in [-0.39, 0.29) is 0 Å². The highest BCUT2D eigenvalue weighted by atomic mass is 16.5. The van der Waals surface area contributed by atoms with Crippen LogP contribution < -0.4 is 4.74 Å². The smallest absolute Gasteiger partial charge is 0.159 e. The van der Waals surface area contributed by atoms with E-state index in [0.29, 0.717) is 6.61 Å². The number of nitrogens with zero attached hydrogens (tertiary/aromatic N) is 2. The van der Waals surface area contributed by atoms with Crippen molar-refractivity contribution in [3.05, 3.63) is 42.2 Å². The maximum absolute atomic E-state index is 5.74. The third kappa shape index (κ3) is 9.89. The topological polar surface area (TPSA) is 44.2 Å². The Hall–Kier alpha value is -1.94. The minimum Gasteiger partial charge on any atom is -0.490 e. The van der Waals surface area contributed by atoms with Gasteiger partial charge in [0.05, 0.1) is 19.0 Å². The molecule has 0 unspecified atom stereocenters. The quantitative estimate of drug-likeness (QED) is 0.298. The molecule has 0 saturated heterocycles. The van der Waals surface area contributed by atoms with E-state index < -0.39 is 0 Å². The minimum atomic E-state index is 0.673. The Morgan fingerprint density at radius 2 is 1.34 bits per heavy atom. The van der Waals surface area contributed by atoms with Gasteiger partial charge >= 0.3 is 0 Å². The SMILES string of the molecule is CCCCCCCc1ccc(-c2ncc(OCCCCOCCCC)cn2)cc1. The molecular formula is C25H38N2O2. The van der Waals surface area contributed by atoms with Gasteiger partial charge in [0.15, 0.2) is 11.6 Å². The molecule has 0 aliphatic rings. The van der Waals surface area contributed by atoms with Crippen LogP contribution >= 0.6 is 0 Å². The maximum atomic E-state index is 5.74. The van der Waals surface area contributed by atoms with Crippen LogP contribution in [0.1, 0.15) is 77.2 Å². The van der Waals surface area contributed by atoms with E-state index in [1.807, 2.05) is 0 Å². The molecule has 4 nitrogen and oxygen atoms in total. The molecule has 29 heavy (non-hydrogen) atoms. The number of benzene rings is 1. The first kappa shape index (κ1) is 23.3. The van der Waals surface area contributed by atoms with Crippen LogP contribution in [0.5, 0.6) is 5.75 Å². The summed E-state index contributed by atoms with van der Waals surface area (Å²) in [5.41, 5.74) is 2.44. The Kier molecular flexibility index (Phi) is 12.1. The summed E-state index contributed by atoms with van der Waals surface area (Å²) in [5, 5.41) is 0. The predicted octanol–water partition coefficient (Wildman–Crippen LogP) is 6.63. The molecule has 0 amide bonds. The first-order valence-corrected chi connectivity index (χ1v) is 11.5. The summed E-state index contributed by atoms with van der Waals surface area (Å²) < 4.78 is 11.3. The Morgan fingerprint density at radius 3 is 2.07 bits per heavy atom. The maximum Gasteiger partial charge on any atom is 0.159 e. The zero-order chi connectivity index (χ0) is 20.6. The molecule has 4 heteroatoms. The average molecular weight is 399 g/mol. The summed E-state index contributed by atoms with van der Waals surface area (Å²) in [5.74, 6) is 1.47. The van der Waals surface area contributed by atoms with E-state index in [1.54, 1.807) is 12.4 Å². The Morgan fingerprint density at radius 1 is 0.690 bits per heavy atom. The standard InChI is InChI=1S/C25H38N2O2/c1-3-5-7-8-9-12-22-13-15-23(16-14-22)25-26-20-24(21-27-25)29-19-11-10-18-28-17-6-4-2/h13-16,20-21H,3-12,17-19H2,1-2H3. The fourth-order valence-corrected chi connectivity index (χ4v) is 3.14. The third-order valence-electron chi connectivity index (χ3n) is 5.00. The van der Waals surface area contributed by atoms with E-state index in [4.69, 9.17) is 9.47 Å². The van der Waals surface area contributed by atoms with Crippen molar-refractivity contribution in [1.29, 1.82) is 0 Å². The molecule has 0 radical (unpaired) electrons. The Bertz CT molecular complexity index is 641. The van der Waals surface area contributed by atoms with E-state index >= 15 is 0 Å². The molecule has 1 aromatic carbocycles. The summed E-state index contributed by atoms with van der Waals surface area (Å²) in [7, 11) is 0. The van der Waals surface area contributed by atoms with Gasteiger partial charge in [0.1, 0.15) is 0 Å². The number of aryl methyl sites for hydroxylation is 1. The van der Waals surface area contributed by atoms with Crippen molar-refractivity contribution in [1.82, 2.24) is 9.97 Å². The number of rotatable bonds is 16. The van der Waals surface area contributed by atoms with E-state index in [1.165, 1.54) is 44.1 Å². The lowest BCUT2D eigenvalue weighted by atomic mass is 10.0. The minimum absolute atomic E-state index is 0.673. The van der Waals surface area contributed by atoms with Crippen LogP contribution in [0.2, 0.25) is 0 Å². The summed E-state index contributed by atoms with van der Waals surface area (Å²) in [6.45, 7) is 6.79. The molecule has 2 rings (SSSR count). The van der Waals surface area contributed by atoms with Crippen LogP contribution in [0.3, 0.4) is 0 Å². The summed E-state index contributed by atoms with van der Waals surface area (Å²) >= 11 is 0. The van der Waals surface area contributed by atoms with Gasteiger partial charge in [0, 0.05) is 18.8 Å². The van der Waals surface area contributed by atoms with Gasteiger partial charge in [-0.2, -0.15) is 0 Å². The van der Waals surface area contributed by atoms with Gasteiger partial charge in [-0.15, -0.1) is 0 Å². The van der Waals surface area contributed by atoms with Crippen molar-refractivity contribution in [2.75, 3.05) is 19.8 Å². The summed E-state index contributed by atoms with van der Waals surface area (Å²) in [4.78, 5) is 8.92. The number of aromatic nitrogens is 2. The van der Waals surface area contributed by atoms with Crippen molar-refractivity contribution in [3.63, 3.8) is 0 Å². The summed E-state index contributed by atoms with van der Waals surface area (Å²) in [6, 6.07) is 8.64. The highest BCUT2D eigenvalue weighted by Crippen LogP contribution is 2.18. The van der Waals surface area contributed by atoms with Crippen LogP contribution in [0.4, 0.5) is 0 Å². The third-order valence-corrected chi connectivity index (χ3v) is 5.00. The van der Waals surface area contributed by atoms with Crippen molar-refractivity contribution in [2.45, 2.75) is 78.1 Å². The van der Waals surface area contributed by atoms with Crippen LogP contribution in [-0.4, -0.2) is 29.8 Å². The van der Waals surface area contributed by atoms with Crippen molar-refractivity contribution in [2.24, 2.45) is 0 Å². The van der Waals surface area contributed by atoms with Crippen LogP contribution in [0.15, 0.2) is 36.7 Å². The molecule has 0 saturated carbocycles. The second kappa shape index (κ2) is 15.0. The highest BCUT2D eigenvalue weighted by molar-refractivity contribution is 5.55. The molecule has 1 aromatic heterocycles. The van der Waals surface area contributed by atoms with Crippen LogP contribution in [0, 0.1) is 0 Å². The second-order valence-corrected chi connectivity index (χ2v) is 7.63. The molecule has 0 N–H and O–H groups in total. The van der Waals surface area contributed by atoms with E-state index in [9.17, 15) is 0 Å². The molecule has 0 atom stereocenters. The fraction of sp³-hybridized carbons (Fsp3) is 0.600. The number of ether oxygens (including phenoxy) is 2. The van der Waals surface area contributed by atoms with Gasteiger partial charge < -0.3 is 9.47 Å². The van der Waals surface area contributed by atoms with Gasteiger partial charge in [0.2, 0.25) is 0 Å². The average Bonchev–Trinajstić information content (AvgIpc) is 2.76.